The van der Waals surface area contributed by atoms with Gasteiger partial charge in [0.1, 0.15) is 23.2 Å². The molecule has 1 atom stereocenters. The Morgan fingerprint density at radius 1 is 1.26 bits per heavy atom. The number of nitrogens with one attached hydrogen (secondary N) is 1. The summed E-state index contributed by atoms with van der Waals surface area (Å²) in [6.07, 6.45) is 3.47. The summed E-state index contributed by atoms with van der Waals surface area (Å²) in [4.78, 5) is 2.36. The summed E-state index contributed by atoms with van der Waals surface area (Å²) in [6, 6.07) is 4.83. The van der Waals surface area contributed by atoms with Gasteiger partial charge in [0, 0.05) is 37.8 Å². The average molecular weight is 362 g/mol. The van der Waals surface area contributed by atoms with Crippen LogP contribution >= 0.6 is 24.8 Å². The molecule has 0 unspecified atom stereocenters. The van der Waals surface area contributed by atoms with Crippen LogP contribution in [0.4, 0.5) is 4.39 Å². The molecule has 2 aliphatic rings. The molecule has 128 valence electrons. The Labute approximate surface area is 148 Å². The minimum absolute atomic E-state index is 0. The maximum atomic E-state index is 13.6. The van der Waals surface area contributed by atoms with Crippen LogP contribution in [0.2, 0.25) is 0 Å². The smallest absolute Gasteiger partial charge is 0.144 e. The normalized spacial score (nSPS) is 19.7. The lowest BCUT2D eigenvalue weighted by Crippen LogP contribution is -2.47. The van der Waals surface area contributed by atoms with Crippen molar-refractivity contribution in [1.29, 1.82) is 5.26 Å². The number of phenols is 1. The third kappa shape index (κ3) is 3.89. The Morgan fingerprint density at radius 3 is 2.43 bits per heavy atom. The fourth-order valence-electron chi connectivity index (χ4n) is 3.39. The number of benzene rings is 1. The zero-order valence-electron chi connectivity index (χ0n) is 12.8. The van der Waals surface area contributed by atoms with Crippen molar-refractivity contribution >= 4 is 24.8 Å². The zero-order chi connectivity index (χ0) is 14.8. The quantitative estimate of drug-likeness (QED) is 0.868. The predicted molar refractivity (Wildman–Crippen MR) is 91.8 cm³/mol. The molecule has 1 saturated heterocycles. The molecule has 2 fully saturated rings. The molecule has 4 nitrogen and oxygen atoms in total. The van der Waals surface area contributed by atoms with Crippen LogP contribution in [0.25, 0.3) is 0 Å². The van der Waals surface area contributed by atoms with E-state index >= 15 is 0 Å². The van der Waals surface area contributed by atoms with Crippen LogP contribution in [0.1, 0.15) is 36.4 Å². The molecule has 1 aliphatic heterocycles. The topological polar surface area (TPSA) is 59.3 Å². The van der Waals surface area contributed by atoms with Gasteiger partial charge in [-0.2, -0.15) is 5.26 Å². The lowest BCUT2D eigenvalue weighted by molar-refractivity contribution is 0.0818. The fourth-order valence-corrected chi connectivity index (χ4v) is 3.39. The molecular weight excluding hydrogens is 340 g/mol. The van der Waals surface area contributed by atoms with Gasteiger partial charge in [0.05, 0.1) is 0 Å². The van der Waals surface area contributed by atoms with E-state index in [9.17, 15) is 9.50 Å². The van der Waals surface area contributed by atoms with Crippen LogP contribution in [0.5, 0.6) is 5.75 Å². The van der Waals surface area contributed by atoms with Crippen molar-refractivity contribution in [2.24, 2.45) is 5.92 Å². The SMILES string of the molecule is Cl.Cl.N#Cc1c(F)ccc([C@H](C2CCC2)N2CCNCC2)c1O. The van der Waals surface area contributed by atoms with Gasteiger partial charge >= 0.3 is 0 Å². The van der Waals surface area contributed by atoms with Gasteiger partial charge in [-0.05, 0) is 24.8 Å². The molecule has 0 bridgehead atoms. The lowest BCUT2D eigenvalue weighted by Gasteiger charge is -2.43. The Hall–Kier alpha value is -1.06. The number of aromatic hydroxyl groups is 1. The number of nitriles is 1. The molecule has 1 aromatic rings. The van der Waals surface area contributed by atoms with E-state index in [0.29, 0.717) is 11.5 Å². The van der Waals surface area contributed by atoms with Crippen molar-refractivity contribution in [2.45, 2.75) is 25.3 Å². The van der Waals surface area contributed by atoms with Crippen molar-refractivity contribution in [3.63, 3.8) is 0 Å². The first-order chi connectivity index (χ1) is 10.2. The second kappa shape index (κ2) is 8.70. The van der Waals surface area contributed by atoms with Crippen LogP contribution in [0.15, 0.2) is 12.1 Å². The Morgan fingerprint density at radius 2 is 1.91 bits per heavy atom. The summed E-state index contributed by atoms with van der Waals surface area (Å²) in [5.74, 6) is -0.328. The third-order valence-corrected chi connectivity index (χ3v) is 4.73. The Bertz CT molecular complexity index is 569. The number of halogens is 3. The second-order valence-corrected chi connectivity index (χ2v) is 5.89. The van der Waals surface area contributed by atoms with Crippen molar-refractivity contribution in [3.05, 3.63) is 29.1 Å². The highest BCUT2D eigenvalue weighted by Gasteiger charge is 2.35. The highest BCUT2D eigenvalue weighted by molar-refractivity contribution is 5.85. The molecular formula is C16H22Cl2FN3O. The van der Waals surface area contributed by atoms with E-state index in [0.717, 1.165) is 39.0 Å². The molecule has 0 amide bonds. The van der Waals surface area contributed by atoms with Gasteiger partial charge in [-0.3, -0.25) is 4.90 Å². The van der Waals surface area contributed by atoms with Gasteiger partial charge in [0.2, 0.25) is 0 Å². The highest BCUT2D eigenvalue weighted by Crippen LogP contribution is 2.45. The van der Waals surface area contributed by atoms with Crippen molar-refractivity contribution in [2.75, 3.05) is 26.2 Å². The molecule has 1 aliphatic carbocycles. The summed E-state index contributed by atoms with van der Waals surface area (Å²) in [7, 11) is 0. The summed E-state index contributed by atoms with van der Waals surface area (Å²) >= 11 is 0. The summed E-state index contributed by atoms with van der Waals surface area (Å²) < 4.78 is 13.6. The predicted octanol–water partition coefficient (Wildman–Crippen LogP) is 2.99. The van der Waals surface area contributed by atoms with Crippen LogP contribution in [-0.4, -0.2) is 36.2 Å². The highest BCUT2D eigenvalue weighted by atomic mass is 35.5. The van der Waals surface area contributed by atoms with E-state index in [4.69, 9.17) is 5.26 Å². The standard InChI is InChI=1S/C16H20FN3O.2ClH/c17-14-5-4-12(16(21)13(14)10-18)15(11-2-1-3-11)20-8-6-19-7-9-20;;/h4-5,11,15,19,21H,1-3,6-9H2;2*1H/t15-;;/m0../s1. The van der Waals surface area contributed by atoms with E-state index in [1.165, 1.54) is 12.5 Å². The van der Waals surface area contributed by atoms with Crippen LogP contribution in [0.3, 0.4) is 0 Å². The molecule has 1 saturated carbocycles. The summed E-state index contributed by atoms with van der Waals surface area (Å²) in [5, 5.41) is 22.7. The van der Waals surface area contributed by atoms with Crippen molar-refractivity contribution < 1.29 is 9.50 Å². The zero-order valence-corrected chi connectivity index (χ0v) is 14.4. The van der Waals surface area contributed by atoms with E-state index in [1.807, 2.05) is 0 Å². The van der Waals surface area contributed by atoms with E-state index in [-0.39, 0.29) is 42.2 Å². The first-order valence-corrected chi connectivity index (χ1v) is 7.58. The molecule has 2 N–H and O–H groups in total. The van der Waals surface area contributed by atoms with Gasteiger partial charge < -0.3 is 10.4 Å². The van der Waals surface area contributed by atoms with Gasteiger partial charge in [-0.25, -0.2) is 4.39 Å². The molecule has 23 heavy (non-hydrogen) atoms. The van der Waals surface area contributed by atoms with Crippen molar-refractivity contribution in [3.8, 4) is 11.8 Å². The first-order valence-electron chi connectivity index (χ1n) is 7.58. The number of nitrogens with zero attached hydrogens (tertiary/aromatic N) is 2. The lowest BCUT2D eigenvalue weighted by atomic mass is 9.75. The van der Waals surface area contributed by atoms with Crippen LogP contribution in [-0.2, 0) is 0 Å². The molecule has 7 heteroatoms. The van der Waals surface area contributed by atoms with Crippen LogP contribution < -0.4 is 5.32 Å². The fraction of sp³-hybridized carbons (Fsp3) is 0.562. The Kier molecular flexibility index (Phi) is 7.56. The molecule has 1 aromatic carbocycles. The van der Waals surface area contributed by atoms with Crippen molar-refractivity contribution in [1.82, 2.24) is 10.2 Å². The van der Waals surface area contributed by atoms with E-state index in [1.54, 1.807) is 12.1 Å². The molecule has 0 radical (unpaired) electrons. The molecule has 0 spiro atoms. The third-order valence-electron chi connectivity index (χ3n) is 4.73. The number of phenolic OH excluding ortho intramolecular Hbond substituents is 1. The molecule has 1 heterocycles. The van der Waals surface area contributed by atoms with Gasteiger partial charge in [-0.15, -0.1) is 24.8 Å². The van der Waals surface area contributed by atoms with Gasteiger partial charge in [0.15, 0.2) is 0 Å². The summed E-state index contributed by atoms with van der Waals surface area (Å²) in [6.45, 7) is 3.69. The largest absolute Gasteiger partial charge is 0.506 e. The number of hydrogen-bond donors (Lipinski definition) is 2. The molecule has 3 rings (SSSR count). The maximum absolute atomic E-state index is 13.6. The summed E-state index contributed by atoms with van der Waals surface area (Å²) in [5.41, 5.74) is 0.478. The van der Waals surface area contributed by atoms with Gasteiger partial charge in [-0.1, -0.05) is 12.5 Å². The second-order valence-electron chi connectivity index (χ2n) is 5.89. The average Bonchev–Trinajstić information content (AvgIpc) is 2.45. The number of hydrogen-bond acceptors (Lipinski definition) is 4. The van der Waals surface area contributed by atoms with E-state index in [2.05, 4.69) is 10.2 Å². The Balaban J connectivity index is 0.00000132. The first kappa shape index (κ1) is 20.0. The minimum atomic E-state index is -0.647. The molecule has 0 aromatic heterocycles. The number of piperazine rings is 1. The van der Waals surface area contributed by atoms with Gasteiger partial charge in [0.25, 0.3) is 0 Å². The van der Waals surface area contributed by atoms with E-state index < -0.39 is 5.82 Å². The van der Waals surface area contributed by atoms with Crippen LogP contribution in [0, 0.1) is 23.1 Å². The number of rotatable bonds is 3. The maximum Gasteiger partial charge on any atom is 0.144 e. The monoisotopic (exact) mass is 361 g/mol. The minimum Gasteiger partial charge on any atom is -0.506 e.